The van der Waals surface area contributed by atoms with Crippen LogP contribution >= 0.6 is 23.2 Å². The summed E-state index contributed by atoms with van der Waals surface area (Å²) in [7, 11) is 3.09. The van der Waals surface area contributed by atoms with Gasteiger partial charge in [-0.3, -0.25) is 4.79 Å². The summed E-state index contributed by atoms with van der Waals surface area (Å²) in [5, 5.41) is 8.32. The second kappa shape index (κ2) is 9.44. The monoisotopic (exact) mass is 501 g/mol. The number of benzene rings is 2. The Balaban J connectivity index is 1.36. The van der Waals surface area contributed by atoms with E-state index >= 15 is 0 Å². The normalized spacial score (nSPS) is 19.7. The number of halogens is 2. The molecule has 2 saturated heterocycles. The third kappa shape index (κ3) is 4.21. The maximum Gasteiger partial charge on any atom is 0.239 e. The van der Waals surface area contributed by atoms with E-state index in [1.807, 2.05) is 23.1 Å². The number of hydrogen-bond acceptors (Lipinski definition) is 7. The lowest BCUT2D eigenvalue weighted by atomic mass is 10.0. The minimum atomic E-state index is -0.143. The van der Waals surface area contributed by atoms with E-state index in [1.165, 1.54) is 0 Å². The Morgan fingerprint density at radius 2 is 1.88 bits per heavy atom. The first-order chi connectivity index (χ1) is 16.5. The summed E-state index contributed by atoms with van der Waals surface area (Å²) in [6.07, 6.45) is 3.57. The van der Waals surface area contributed by atoms with Gasteiger partial charge in [0.25, 0.3) is 0 Å². The highest BCUT2D eigenvalue weighted by molar-refractivity contribution is 6.41. The molecule has 0 radical (unpaired) electrons. The number of amides is 1. The molecule has 0 bridgehead atoms. The number of carbonyl (C=O) groups excluding carboxylic acids is 1. The number of methoxy groups -OCH3 is 2. The largest absolute Gasteiger partial charge is 0.495 e. The molecule has 2 atom stereocenters. The summed E-state index contributed by atoms with van der Waals surface area (Å²) in [4.78, 5) is 23.5. The fourth-order valence-corrected chi connectivity index (χ4v) is 5.09. The Morgan fingerprint density at radius 1 is 1.15 bits per heavy atom. The Labute approximate surface area is 207 Å². The van der Waals surface area contributed by atoms with Crippen LogP contribution in [0.2, 0.25) is 10.0 Å². The maximum absolute atomic E-state index is 12.4. The number of nitrogens with zero attached hydrogens (tertiary/aromatic N) is 3. The predicted molar refractivity (Wildman–Crippen MR) is 133 cm³/mol. The van der Waals surface area contributed by atoms with Crippen LogP contribution in [0.1, 0.15) is 12.8 Å². The van der Waals surface area contributed by atoms with Crippen molar-refractivity contribution >= 4 is 46.0 Å². The highest BCUT2D eigenvalue weighted by Gasteiger charge is 2.34. The maximum atomic E-state index is 12.4. The molecule has 8 nitrogen and oxygen atoms in total. The van der Waals surface area contributed by atoms with Gasteiger partial charge in [0.05, 0.1) is 35.8 Å². The van der Waals surface area contributed by atoms with Crippen molar-refractivity contribution in [3.05, 3.63) is 40.5 Å². The van der Waals surface area contributed by atoms with Gasteiger partial charge in [0.1, 0.15) is 11.5 Å². The summed E-state index contributed by atoms with van der Waals surface area (Å²) < 4.78 is 10.8. The number of nitrogens with one attached hydrogen (secondary N) is 2. The fourth-order valence-electron chi connectivity index (χ4n) is 4.37. The number of hydrogen-bond donors (Lipinski definition) is 2. The molecular formula is C24H25Cl2N5O3. The SMILES string of the molecule is COc1cc(OC)c(Cl)c(-c2ccc3nc(N[C@@H]4CNC(C(=O)N5CCC5)C4)ncc3c2)c1Cl. The molecule has 1 aromatic heterocycles. The van der Waals surface area contributed by atoms with E-state index in [2.05, 4.69) is 20.6 Å². The minimum absolute atomic E-state index is 0.0915. The quantitative estimate of drug-likeness (QED) is 0.527. The molecule has 178 valence electrons. The Morgan fingerprint density at radius 3 is 2.53 bits per heavy atom. The lowest BCUT2D eigenvalue weighted by Gasteiger charge is -2.33. The van der Waals surface area contributed by atoms with Crippen LogP contribution in [0.15, 0.2) is 30.5 Å². The van der Waals surface area contributed by atoms with Crippen LogP contribution in [0.4, 0.5) is 5.95 Å². The topological polar surface area (TPSA) is 88.6 Å². The van der Waals surface area contributed by atoms with Crippen LogP contribution in [0.5, 0.6) is 11.5 Å². The van der Waals surface area contributed by atoms with Crippen molar-refractivity contribution in [3.63, 3.8) is 0 Å². The number of rotatable bonds is 6. The molecule has 0 spiro atoms. The molecule has 1 unspecified atom stereocenters. The fraction of sp³-hybridized carbons (Fsp3) is 0.375. The zero-order valence-electron chi connectivity index (χ0n) is 18.9. The summed E-state index contributed by atoms with van der Waals surface area (Å²) >= 11 is 13.2. The van der Waals surface area contributed by atoms with E-state index in [4.69, 9.17) is 32.7 Å². The molecule has 1 amide bonds. The number of aromatic nitrogens is 2. The molecule has 5 rings (SSSR count). The van der Waals surface area contributed by atoms with Gasteiger partial charge >= 0.3 is 0 Å². The number of carbonyl (C=O) groups is 1. The summed E-state index contributed by atoms with van der Waals surface area (Å²) in [5.41, 5.74) is 2.21. The van der Waals surface area contributed by atoms with Gasteiger partial charge in [0.15, 0.2) is 0 Å². The average molecular weight is 502 g/mol. The van der Waals surface area contributed by atoms with Gasteiger partial charge < -0.3 is 25.0 Å². The summed E-state index contributed by atoms with van der Waals surface area (Å²) in [6.45, 7) is 2.42. The molecule has 2 aliphatic rings. The number of fused-ring (bicyclic) bond motifs is 1. The molecule has 0 saturated carbocycles. The van der Waals surface area contributed by atoms with Crippen molar-refractivity contribution < 1.29 is 14.3 Å². The average Bonchev–Trinajstić information content (AvgIpc) is 3.27. The first-order valence-corrected chi connectivity index (χ1v) is 11.9. The van der Waals surface area contributed by atoms with Crippen LogP contribution in [0, 0.1) is 0 Å². The van der Waals surface area contributed by atoms with E-state index in [0.717, 1.165) is 36.0 Å². The van der Waals surface area contributed by atoms with Crippen molar-refractivity contribution in [1.82, 2.24) is 20.2 Å². The van der Waals surface area contributed by atoms with Crippen molar-refractivity contribution in [1.29, 1.82) is 0 Å². The first kappa shape index (κ1) is 23.0. The molecule has 0 aliphatic carbocycles. The van der Waals surface area contributed by atoms with Gasteiger partial charge in [0, 0.05) is 48.9 Å². The van der Waals surface area contributed by atoms with E-state index in [0.29, 0.717) is 46.0 Å². The summed E-state index contributed by atoms with van der Waals surface area (Å²) in [5.74, 6) is 1.67. The van der Waals surface area contributed by atoms with Crippen molar-refractivity contribution in [3.8, 4) is 22.6 Å². The van der Waals surface area contributed by atoms with E-state index in [-0.39, 0.29) is 18.0 Å². The smallest absolute Gasteiger partial charge is 0.239 e. The van der Waals surface area contributed by atoms with Crippen LogP contribution in [0.25, 0.3) is 22.0 Å². The van der Waals surface area contributed by atoms with Crippen LogP contribution in [0.3, 0.4) is 0 Å². The minimum Gasteiger partial charge on any atom is -0.495 e. The molecule has 3 heterocycles. The van der Waals surface area contributed by atoms with Crippen molar-refractivity contribution in [2.24, 2.45) is 0 Å². The predicted octanol–water partition coefficient (Wildman–Crippen LogP) is 4.00. The van der Waals surface area contributed by atoms with Crippen molar-refractivity contribution in [2.75, 3.05) is 39.2 Å². The highest BCUT2D eigenvalue weighted by Crippen LogP contribution is 2.46. The van der Waals surface area contributed by atoms with E-state index < -0.39 is 0 Å². The van der Waals surface area contributed by atoms with Gasteiger partial charge in [-0.05, 0) is 30.5 Å². The van der Waals surface area contributed by atoms with Gasteiger partial charge in [-0.1, -0.05) is 29.3 Å². The lowest BCUT2D eigenvalue weighted by Crippen LogP contribution is -2.49. The molecule has 2 aromatic carbocycles. The van der Waals surface area contributed by atoms with Crippen LogP contribution in [-0.2, 0) is 4.79 Å². The molecular weight excluding hydrogens is 477 g/mol. The Kier molecular flexibility index (Phi) is 6.38. The molecule has 3 aromatic rings. The highest BCUT2D eigenvalue weighted by atomic mass is 35.5. The first-order valence-electron chi connectivity index (χ1n) is 11.1. The number of likely N-dealkylation sites (tertiary alicyclic amines) is 1. The lowest BCUT2D eigenvalue weighted by molar-refractivity contribution is -0.136. The third-order valence-electron chi connectivity index (χ3n) is 6.37. The van der Waals surface area contributed by atoms with Gasteiger partial charge in [-0.25, -0.2) is 9.97 Å². The molecule has 34 heavy (non-hydrogen) atoms. The summed E-state index contributed by atoms with van der Waals surface area (Å²) in [6, 6.07) is 7.35. The molecule has 2 aliphatic heterocycles. The molecule has 10 heteroatoms. The van der Waals surface area contributed by atoms with Crippen LogP contribution in [-0.4, -0.2) is 66.7 Å². The number of ether oxygens (including phenoxy) is 2. The second-order valence-electron chi connectivity index (χ2n) is 8.47. The Bertz CT molecular complexity index is 1220. The molecule has 2 fully saturated rings. The standard InChI is InChI=1S/C24H25Cl2N5O3/c1-33-18-10-19(34-2)22(26)20(21(18)25)13-4-5-16-14(8-13)11-28-24(30-16)29-15-9-17(27-12-15)23(32)31-6-3-7-31/h4-5,8,10-11,15,17,27H,3,6-7,9,12H2,1-2H3,(H,28,29,30)/t15-,17?/m0/s1. The van der Waals surface area contributed by atoms with Crippen LogP contribution < -0.4 is 20.1 Å². The van der Waals surface area contributed by atoms with Gasteiger partial charge in [0.2, 0.25) is 11.9 Å². The third-order valence-corrected chi connectivity index (χ3v) is 7.12. The van der Waals surface area contributed by atoms with Gasteiger partial charge in [-0.2, -0.15) is 0 Å². The van der Waals surface area contributed by atoms with E-state index in [9.17, 15) is 4.79 Å². The second-order valence-corrected chi connectivity index (χ2v) is 9.22. The zero-order valence-corrected chi connectivity index (χ0v) is 20.4. The zero-order chi connectivity index (χ0) is 23.8. The van der Waals surface area contributed by atoms with Gasteiger partial charge in [-0.15, -0.1) is 0 Å². The van der Waals surface area contributed by atoms with Crippen molar-refractivity contribution in [2.45, 2.75) is 24.9 Å². The number of anilines is 1. The molecule has 2 N–H and O–H groups in total. The Hall–Kier alpha value is -2.81. The van der Waals surface area contributed by atoms with E-state index in [1.54, 1.807) is 26.5 Å².